The average Bonchev–Trinajstić information content (AvgIpc) is 3.28. The van der Waals surface area contributed by atoms with E-state index in [-0.39, 0.29) is 15.9 Å². The van der Waals surface area contributed by atoms with Crippen molar-refractivity contribution in [3.8, 4) is 33.9 Å². The standard InChI is InChI=1S/C19H17FN3O7PS2.H3N/c1-28-16-5-3-4-14(18(16)29-2)19-22-10-17(32-19)33(26,27)23-11-31(24,25)30-13-7-6-12(9-21)15(20)8-13;/h3-8,10,23H,11H2,1-2H3,(H,24,25);1H3. The van der Waals surface area contributed by atoms with Gasteiger partial charge in [-0.05, 0) is 24.3 Å². The van der Waals surface area contributed by atoms with Crippen molar-refractivity contribution < 1.29 is 36.3 Å². The van der Waals surface area contributed by atoms with Gasteiger partial charge in [-0.2, -0.15) is 5.26 Å². The predicted molar refractivity (Wildman–Crippen MR) is 121 cm³/mol. The van der Waals surface area contributed by atoms with Gasteiger partial charge in [0.05, 0.1) is 37.8 Å². The second-order valence-electron chi connectivity index (χ2n) is 6.29. The van der Waals surface area contributed by atoms with E-state index >= 15 is 0 Å². The Kier molecular flexibility index (Phi) is 8.73. The maximum absolute atomic E-state index is 13.6. The lowest BCUT2D eigenvalue weighted by Gasteiger charge is -2.24. The summed E-state index contributed by atoms with van der Waals surface area (Å²) in [4.78, 5) is 16.3. The van der Waals surface area contributed by atoms with Gasteiger partial charge in [0.1, 0.15) is 22.6 Å². The van der Waals surface area contributed by atoms with E-state index < -0.39 is 35.5 Å². The molecule has 1 aromatic heterocycles. The van der Waals surface area contributed by atoms with Crippen molar-refractivity contribution in [3.05, 3.63) is 54.0 Å². The fraction of sp³-hybridized carbons (Fsp3) is 0.158. The molecule has 0 saturated carbocycles. The molecule has 3 aromatic rings. The van der Waals surface area contributed by atoms with E-state index in [0.29, 0.717) is 28.1 Å². The second kappa shape index (κ2) is 10.9. The third-order valence-corrected chi connectivity index (χ3v) is 8.28. The molecule has 0 aliphatic carbocycles. The lowest BCUT2D eigenvalue weighted by atomic mass is 10.2. The Bertz CT molecular complexity index is 1380. The Hall–Kier alpha value is -3.05. The largest absolute Gasteiger partial charge is 0.768 e. The van der Waals surface area contributed by atoms with Crippen molar-refractivity contribution in [1.29, 1.82) is 5.26 Å². The van der Waals surface area contributed by atoms with Crippen LogP contribution in [0.15, 0.2) is 46.8 Å². The van der Waals surface area contributed by atoms with Crippen molar-refractivity contribution in [1.82, 2.24) is 15.9 Å². The number of methoxy groups -OCH3 is 2. The first-order valence-corrected chi connectivity index (χ1v) is 13.0. The van der Waals surface area contributed by atoms with Gasteiger partial charge < -0.3 is 25.0 Å². The predicted octanol–water partition coefficient (Wildman–Crippen LogP) is 3.08. The first kappa shape index (κ1) is 27.2. The van der Waals surface area contributed by atoms with Crippen molar-refractivity contribution >= 4 is 29.0 Å². The maximum atomic E-state index is 13.6. The van der Waals surface area contributed by atoms with E-state index in [0.717, 1.165) is 29.7 Å². The van der Waals surface area contributed by atoms with Crippen LogP contribution in [-0.4, -0.2) is 33.9 Å². The monoisotopic (exact) mass is 530 g/mol. The molecule has 1 unspecified atom stereocenters. The zero-order valence-electron chi connectivity index (χ0n) is 18.1. The molecule has 5 N–H and O–H groups in total. The summed E-state index contributed by atoms with van der Waals surface area (Å²) >= 11 is 0.792. The molecule has 0 aliphatic rings. The van der Waals surface area contributed by atoms with Crippen LogP contribution in [0.2, 0.25) is 0 Å². The van der Waals surface area contributed by atoms with Gasteiger partial charge in [-0.25, -0.2) is 22.5 Å². The van der Waals surface area contributed by atoms with Crippen LogP contribution < -0.4 is 29.8 Å². The molecule has 1 atom stereocenters. The number of aromatic nitrogens is 1. The third-order valence-electron chi connectivity index (χ3n) is 4.14. The Morgan fingerprint density at radius 3 is 2.62 bits per heavy atom. The quantitative estimate of drug-likeness (QED) is 0.392. The third kappa shape index (κ3) is 6.09. The molecule has 0 saturated heterocycles. The summed E-state index contributed by atoms with van der Waals surface area (Å²) in [7, 11) is -6.17. The van der Waals surface area contributed by atoms with Crippen LogP contribution in [0.3, 0.4) is 0 Å². The van der Waals surface area contributed by atoms with Gasteiger partial charge in [0.15, 0.2) is 23.3 Å². The number of ether oxygens (including phenoxy) is 2. The van der Waals surface area contributed by atoms with Gasteiger partial charge in [0.2, 0.25) is 0 Å². The molecule has 0 bridgehead atoms. The van der Waals surface area contributed by atoms with Crippen molar-refractivity contribution in [3.63, 3.8) is 0 Å². The van der Waals surface area contributed by atoms with E-state index in [9.17, 15) is 22.3 Å². The molecule has 0 amide bonds. The van der Waals surface area contributed by atoms with E-state index in [1.54, 1.807) is 24.3 Å². The molecular weight excluding hydrogens is 510 g/mol. The van der Waals surface area contributed by atoms with Crippen LogP contribution in [0.5, 0.6) is 17.2 Å². The average molecular weight is 530 g/mol. The molecule has 11 nitrogen and oxygen atoms in total. The van der Waals surface area contributed by atoms with E-state index in [4.69, 9.17) is 19.3 Å². The smallest absolute Gasteiger partial charge is 0.252 e. The highest BCUT2D eigenvalue weighted by atomic mass is 32.2. The summed E-state index contributed by atoms with van der Waals surface area (Å²) in [5, 5.41) is 9.02. The van der Waals surface area contributed by atoms with Crippen LogP contribution in [0, 0.1) is 17.1 Å². The number of nitrogens with one attached hydrogen (secondary N) is 1. The molecule has 1 heterocycles. The van der Waals surface area contributed by atoms with Crippen LogP contribution >= 0.6 is 18.9 Å². The molecule has 0 fully saturated rings. The summed E-state index contributed by atoms with van der Waals surface area (Å²) in [6, 6.07) is 9.44. The zero-order chi connectivity index (χ0) is 24.2. The van der Waals surface area contributed by atoms with E-state index in [1.807, 2.05) is 4.72 Å². The number of hydrogen-bond acceptors (Lipinski definition) is 10. The topological polar surface area (TPSA) is 187 Å². The highest BCUT2D eigenvalue weighted by molar-refractivity contribution is 7.91. The van der Waals surface area contributed by atoms with Crippen LogP contribution in [0.25, 0.3) is 10.6 Å². The molecule has 0 spiro atoms. The second-order valence-corrected chi connectivity index (χ2v) is 11.0. The fourth-order valence-electron chi connectivity index (χ4n) is 2.63. The first-order chi connectivity index (χ1) is 15.6. The minimum absolute atomic E-state index is 0. The number of hydrogen-bond donors (Lipinski definition) is 2. The zero-order valence-corrected chi connectivity index (χ0v) is 20.7. The lowest BCUT2D eigenvalue weighted by Crippen LogP contribution is -2.28. The number of sulfonamides is 1. The molecule has 2 aromatic carbocycles. The molecule has 3 rings (SSSR count). The highest BCUT2D eigenvalue weighted by Crippen LogP contribution is 2.41. The highest BCUT2D eigenvalue weighted by Gasteiger charge is 2.23. The molecule has 15 heteroatoms. The van der Waals surface area contributed by atoms with Gasteiger partial charge in [0, 0.05) is 6.07 Å². The number of halogens is 1. The van der Waals surface area contributed by atoms with Gasteiger partial charge in [-0.15, -0.1) is 11.3 Å². The number of thiazole rings is 1. The number of rotatable bonds is 9. The number of nitriles is 1. The molecule has 34 heavy (non-hydrogen) atoms. The number of quaternary nitrogens is 1. The SMILES string of the molecule is COc1cccc(-c2ncc(S(=O)(=O)NCP(=O)([O-])Oc3ccc(C#N)c(F)c3)s2)c1OC.[NH4+]. The summed E-state index contributed by atoms with van der Waals surface area (Å²) < 4.78 is 67.9. The maximum Gasteiger partial charge on any atom is 0.252 e. The van der Waals surface area contributed by atoms with Crippen LogP contribution in [0.4, 0.5) is 4.39 Å². The first-order valence-electron chi connectivity index (χ1n) is 8.96. The Morgan fingerprint density at radius 2 is 2.00 bits per heavy atom. The lowest BCUT2D eigenvalue weighted by molar-refractivity contribution is -0.191. The minimum atomic E-state index is -4.79. The number of para-hydroxylation sites is 1. The van der Waals surface area contributed by atoms with Crippen LogP contribution in [0.1, 0.15) is 5.56 Å². The summed E-state index contributed by atoms with van der Waals surface area (Å²) in [6.07, 6.45) is -0.0134. The van der Waals surface area contributed by atoms with E-state index in [1.165, 1.54) is 14.2 Å². The van der Waals surface area contributed by atoms with E-state index in [2.05, 4.69) is 4.98 Å². The van der Waals surface area contributed by atoms with Gasteiger partial charge in [-0.3, -0.25) is 4.57 Å². The van der Waals surface area contributed by atoms with Crippen molar-refractivity contribution in [2.45, 2.75) is 4.21 Å². The van der Waals surface area contributed by atoms with Gasteiger partial charge in [0.25, 0.3) is 10.0 Å². The van der Waals surface area contributed by atoms with Gasteiger partial charge >= 0.3 is 0 Å². The van der Waals surface area contributed by atoms with Crippen LogP contribution in [-0.2, 0) is 14.6 Å². The molecular formula is C19H20FN4O7PS2. The normalized spacial score (nSPS) is 12.7. The van der Waals surface area contributed by atoms with Gasteiger partial charge in [-0.1, -0.05) is 6.07 Å². The molecule has 0 radical (unpaired) electrons. The molecule has 182 valence electrons. The summed E-state index contributed by atoms with van der Waals surface area (Å²) in [5.41, 5.74) is 0.196. The summed E-state index contributed by atoms with van der Waals surface area (Å²) in [6.45, 7) is 0. The summed E-state index contributed by atoms with van der Waals surface area (Å²) in [5.74, 6) is -0.579. The van der Waals surface area contributed by atoms with Crippen molar-refractivity contribution in [2.75, 3.05) is 20.5 Å². The number of nitrogens with zero attached hydrogens (tertiary/aromatic N) is 2. The Morgan fingerprint density at radius 1 is 1.26 bits per heavy atom. The fourth-order valence-corrected chi connectivity index (χ4v) is 6.30. The number of benzene rings is 2. The molecule has 0 aliphatic heterocycles. The minimum Gasteiger partial charge on any atom is -0.768 e. The Balaban J connectivity index is 0.00000408. The van der Waals surface area contributed by atoms with Crippen molar-refractivity contribution in [2.24, 2.45) is 0 Å². The Labute approximate surface area is 198 Å².